The van der Waals surface area contributed by atoms with Gasteiger partial charge in [-0.2, -0.15) is 0 Å². The molecule has 1 aromatic rings. The molecule has 1 aromatic carbocycles. The van der Waals surface area contributed by atoms with Crippen LogP contribution < -0.4 is 4.90 Å². The topological polar surface area (TPSA) is 29.5 Å². The minimum atomic E-state index is -0.338. The molecule has 1 fully saturated rings. The van der Waals surface area contributed by atoms with Gasteiger partial charge in [0, 0.05) is 12.3 Å². The molecule has 0 aromatic heterocycles. The zero-order chi connectivity index (χ0) is 14.5. The number of benzene rings is 1. The Morgan fingerprint density at radius 3 is 2.90 bits per heavy atom. The van der Waals surface area contributed by atoms with Crippen molar-refractivity contribution >= 4 is 23.4 Å². The zero-order valence-corrected chi connectivity index (χ0v) is 12.7. The number of hydrogen-bond donors (Lipinski definition) is 0. The first kappa shape index (κ1) is 15.3. The van der Waals surface area contributed by atoms with E-state index in [1.165, 1.54) is 6.07 Å². The lowest BCUT2D eigenvalue weighted by molar-refractivity contribution is -0.116. The maximum absolute atomic E-state index is 13.7. The van der Waals surface area contributed by atoms with Gasteiger partial charge >= 0.3 is 0 Å². The summed E-state index contributed by atoms with van der Waals surface area (Å²) in [4.78, 5) is 13.8. The standard InChI is InChI=1S/C15H20FNO2S/c1-11(2)19-9-10-20-14-7-8-17(15(14)18)13-6-4-3-5-12(13)16/h3-6,11,14H,7-10H2,1-2H3. The van der Waals surface area contributed by atoms with Gasteiger partial charge in [-0.25, -0.2) is 4.39 Å². The Balaban J connectivity index is 1.88. The summed E-state index contributed by atoms with van der Waals surface area (Å²) < 4.78 is 19.2. The van der Waals surface area contributed by atoms with Gasteiger partial charge in [0.1, 0.15) is 5.82 Å². The molecule has 3 nitrogen and oxygen atoms in total. The molecule has 0 aliphatic carbocycles. The van der Waals surface area contributed by atoms with Crippen LogP contribution in [0.3, 0.4) is 0 Å². The Morgan fingerprint density at radius 2 is 2.20 bits per heavy atom. The largest absolute Gasteiger partial charge is 0.378 e. The fraction of sp³-hybridized carbons (Fsp3) is 0.533. The smallest absolute Gasteiger partial charge is 0.240 e. The van der Waals surface area contributed by atoms with Crippen LogP contribution in [0.2, 0.25) is 0 Å². The van der Waals surface area contributed by atoms with E-state index in [1.807, 2.05) is 13.8 Å². The van der Waals surface area contributed by atoms with Crippen LogP contribution in [0, 0.1) is 5.82 Å². The Kier molecular flexibility index (Phi) is 5.43. The molecule has 1 aliphatic heterocycles. The summed E-state index contributed by atoms with van der Waals surface area (Å²) in [5.41, 5.74) is 0.388. The van der Waals surface area contributed by atoms with Crippen LogP contribution in [0.4, 0.5) is 10.1 Å². The first-order chi connectivity index (χ1) is 9.59. The molecule has 0 bridgehead atoms. The average Bonchev–Trinajstić information content (AvgIpc) is 2.77. The summed E-state index contributed by atoms with van der Waals surface area (Å²) in [6.07, 6.45) is 0.976. The molecule has 1 amide bonds. The number of rotatable bonds is 6. The van der Waals surface area contributed by atoms with Gasteiger partial charge in [0.05, 0.1) is 23.6 Å². The molecular weight excluding hydrogens is 277 g/mol. The number of halogens is 1. The second-order valence-corrected chi connectivity index (χ2v) is 6.32. The maximum Gasteiger partial charge on any atom is 0.240 e. The summed E-state index contributed by atoms with van der Waals surface area (Å²) in [6, 6.07) is 6.43. The van der Waals surface area contributed by atoms with Gasteiger partial charge in [0.15, 0.2) is 0 Å². The van der Waals surface area contributed by atoms with Crippen molar-refractivity contribution in [2.75, 3.05) is 23.8 Å². The van der Waals surface area contributed by atoms with E-state index in [1.54, 1.807) is 34.9 Å². The highest BCUT2D eigenvalue weighted by Gasteiger charge is 2.33. The second-order valence-electron chi connectivity index (χ2n) is 5.01. The lowest BCUT2D eigenvalue weighted by Crippen LogP contribution is -2.29. The monoisotopic (exact) mass is 297 g/mol. The van der Waals surface area contributed by atoms with Crippen LogP contribution >= 0.6 is 11.8 Å². The summed E-state index contributed by atoms with van der Waals surface area (Å²) in [5, 5.41) is -0.0784. The highest BCUT2D eigenvalue weighted by molar-refractivity contribution is 8.00. The van der Waals surface area contributed by atoms with E-state index in [4.69, 9.17) is 4.74 Å². The predicted octanol–water partition coefficient (Wildman–Crippen LogP) is 3.09. The van der Waals surface area contributed by atoms with Crippen molar-refractivity contribution in [1.29, 1.82) is 0 Å². The maximum atomic E-state index is 13.7. The minimum absolute atomic E-state index is 0.00430. The predicted molar refractivity (Wildman–Crippen MR) is 80.7 cm³/mol. The van der Waals surface area contributed by atoms with Crippen molar-refractivity contribution in [3.63, 3.8) is 0 Å². The first-order valence-electron chi connectivity index (χ1n) is 6.88. The summed E-state index contributed by atoms with van der Waals surface area (Å²) in [6.45, 7) is 5.21. The van der Waals surface area contributed by atoms with Gasteiger partial charge in [-0.15, -0.1) is 11.8 Å². The van der Waals surface area contributed by atoms with Crippen LogP contribution in [0.15, 0.2) is 24.3 Å². The Labute approximate surface area is 123 Å². The molecule has 0 N–H and O–H groups in total. The third kappa shape index (κ3) is 3.73. The molecule has 20 heavy (non-hydrogen) atoms. The number of ether oxygens (including phenoxy) is 1. The van der Waals surface area contributed by atoms with Crippen molar-refractivity contribution < 1.29 is 13.9 Å². The molecule has 0 radical (unpaired) electrons. The van der Waals surface area contributed by atoms with Crippen molar-refractivity contribution in [3.8, 4) is 0 Å². The number of hydrogen-bond acceptors (Lipinski definition) is 3. The molecule has 1 atom stereocenters. The van der Waals surface area contributed by atoms with Crippen molar-refractivity contribution in [3.05, 3.63) is 30.1 Å². The van der Waals surface area contributed by atoms with E-state index >= 15 is 0 Å². The van der Waals surface area contributed by atoms with Crippen molar-refractivity contribution in [2.45, 2.75) is 31.6 Å². The highest BCUT2D eigenvalue weighted by Crippen LogP contribution is 2.29. The van der Waals surface area contributed by atoms with Gasteiger partial charge in [0.2, 0.25) is 5.91 Å². The van der Waals surface area contributed by atoms with Gasteiger partial charge in [0.25, 0.3) is 0 Å². The van der Waals surface area contributed by atoms with E-state index in [0.717, 1.165) is 12.2 Å². The average molecular weight is 297 g/mol. The summed E-state index contributed by atoms with van der Waals surface area (Å²) in [5.74, 6) is 0.457. The molecule has 5 heteroatoms. The number of carbonyl (C=O) groups excluding carboxylic acids is 1. The zero-order valence-electron chi connectivity index (χ0n) is 11.8. The van der Waals surface area contributed by atoms with E-state index in [0.29, 0.717) is 18.8 Å². The number of carbonyl (C=O) groups is 1. The SMILES string of the molecule is CC(C)OCCSC1CCN(c2ccccc2F)C1=O. The van der Waals surface area contributed by atoms with Crippen LogP contribution in [-0.2, 0) is 9.53 Å². The Bertz CT molecular complexity index is 467. The van der Waals surface area contributed by atoms with Gasteiger partial charge in [-0.1, -0.05) is 12.1 Å². The molecule has 110 valence electrons. The Hall–Kier alpha value is -1.07. The summed E-state index contributed by atoms with van der Waals surface area (Å²) >= 11 is 1.60. The fourth-order valence-electron chi connectivity index (χ4n) is 2.19. The number of nitrogens with zero attached hydrogens (tertiary/aromatic N) is 1. The molecule has 2 rings (SSSR count). The first-order valence-corrected chi connectivity index (χ1v) is 7.93. The highest BCUT2D eigenvalue weighted by atomic mass is 32.2. The molecule has 0 spiro atoms. The molecular formula is C15H20FNO2S. The van der Waals surface area contributed by atoms with Crippen molar-refractivity contribution in [2.24, 2.45) is 0 Å². The molecule has 0 saturated carbocycles. The van der Waals surface area contributed by atoms with E-state index in [-0.39, 0.29) is 23.1 Å². The normalized spacial score (nSPS) is 19.1. The van der Waals surface area contributed by atoms with E-state index in [2.05, 4.69) is 0 Å². The van der Waals surface area contributed by atoms with Crippen LogP contribution in [0.1, 0.15) is 20.3 Å². The second kappa shape index (κ2) is 7.09. The van der Waals surface area contributed by atoms with Crippen LogP contribution in [0.25, 0.3) is 0 Å². The summed E-state index contributed by atoms with van der Waals surface area (Å²) in [7, 11) is 0. The number of thioether (sulfide) groups is 1. The molecule has 1 heterocycles. The number of amides is 1. The number of para-hydroxylation sites is 1. The third-order valence-electron chi connectivity index (χ3n) is 3.15. The van der Waals surface area contributed by atoms with Gasteiger partial charge in [-0.3, -0.25) is 4.79 Å². The van der Waals surface area contributed by atoms with Crippen molar-refractivity contribution in [1.82, 2.24) is 0 Å². The number of anilines is 1. The molecule has 1 aliphatic rings. The van der Waals surface area contributed by atoms with Gasteiger partial charge < -0.3 is 9.64 Å². The minimum Gasteiger partial charge on any atom is -0.378 e. The quantitative estimate of drug-likeness (QED) is 0.756. The molecule has 1 unspecified atom stereocenters. The van der Waals surface area contributed by atoms with Crippen LogP contribution in [0.5, 0.6) is 0 Å². The van der Waals surface area contributed by atoms with Crippen LogP contribution in [-0.4, -0.2) is 36.2 Å². The van der Waals surface area contributed by atoms with Gasteiger partial charge in [-0.05, 0) is 32.4 Å². The lowest BCUT2D eigenvalue weighted by Gasteiger charge is -2.17. The van der Waals surface area contributed by atoms with E-state index < -0.39 is 0 Å². The molecule has 1 saturated heterocycles. The Morgan fingerprint density at radius 1 is 1.45 bits per heavy atom. The fourth-order valence-corrected chi connectivity index (χ4v) is 3.21. The van der Waals surface area contributed by atoms with E-state index in [9.17, 15) is 9.18 Å². The third-order valence-corrected chi connectivity index (χ3v) is 4.40. The lowest BCUT2D eigenvalue weighted by atomic mass is 10.3.